The van der Waals surface area contributed by atoms with Gasteiger partial charge >= 0.3 is 0 Å². The first-order valence-corrected chi connectivity index (χ1v) is 8.72. The highest BCUT2D eigenvalue weighted by molar-refractivity contribution is 5.58. The summed E-state index contributed by atoms with van der Waals surface area (Å²) in [4.78, 5) is 34.5. The molecule has 1 aliphatic rings. The van der Waals surface area contributed by atoms with Crippen molar-refractivity contribution in [2.45, 2.75) is 39.3 Å². The van der Waals surface area contributed by atoms with Gasteiger partial charge in [0.15, 0.2) is 0 Å². The molecule has 26 heavy (non-hydrogen) atoms. The van der Waals surface area contributed by atoms with Gasteiger partial charge in [-0.1, -0.05) is 51.1 Å². The largest absolute Gasteiger partial charge is 0.373 e. The number of benzene rings is 1. The van der Waals surface area contributed by atoms with Crippen LogP contribution < -0.4 is 27.1 Å². The second-order valence-corrected chi connectivity index (χ2v) is 7.62. The zero-order valence-corrected chi connectivity index (χ0v) is 15.2. The number of hydrogen-bond donors (Lipinski definition) is 3. The van der Waals surface area contributed by atoms with Crippen molar-refractivity contribution in [2.75, 3.05) is 0 Å². The molecule has 0 fully saturated rings. The number of nitrogens with zero attached hydrogens (tertiary/aromatic N) is 1. The molecular weight excluding hydrogens is 328 g/mol. The van der Waals surface area contributed by atoms with E-state index in [0.717, 1.165) is 12.0 Å². The van der Waals surface area contributed by atoms with Crippen LogP contribution in [0.15, 0.2) is 44.9 Å². The molecule has 2 unspecified atom stereocenters. The number of aromatic amines is 2. The van der Waals surface area contributed by atoms with Crippen LogP contribution in [0.25, 0.3) is 12.2 Å². The third-order valence-electron chi connectivity index (χ3n) is 4.52. The molecule has 2 atom stereocenters. The van der Waals surface area contributed by atoms with Crippen LogP contribution in [-0.2, 0) is 0 Å². The Morgan fingerprint density at radius 3 is 2.38 bits per heavy atom. The molecule has 136 valence electrons. The van der Waals surface area contributed by atoms with Gasteiger partial charge in [-0.05, 0) is 29.6 Å². The van der Waals surface area contributed by atoms with E-state index in [1.54, 1.807) is 18.5 Å². The van der Waals surface area contributed by atoms with Crippen molar-refractivity contribution >= 4 is 18.5 Å². The van der Waals surface area contributed by atoms with Gasteiger partial charge in [0.1, 0.15) is 10.7 Å². The highest BCUT2D eigenvalue weighted by Crippen LogP contribution is 2.25. The lowest BCUT2D eigenvalue weighted by atomic mass is 9.82. The van der Waals surface area contributed by atoms with Crippen molar-refractivity contribution in [1.29, 1.82) is 0 Å². The van der Waals surface area contributed by atoms with Gasteiger partial charge in [0, 0.05) is 6.04 Å². The predicted molar refractivity (Wildman–Crippen MR) is 105 cm³/mol. The van der Waals surface area contributed by atoms with E-state index in [9.17, 15) is 9.59 Å². The molecule has 6 heteroatoms. The summed E-state index contributed by atoms with van der Waals surface area (Å²) in [5.41, 5.74) is 0.270. The molecule has 1 aliphatic heterocycles. The van der Waals surface area contributed by atoms with Crippen LogP contribution in [0.2, 0.25) is 0 Å². The Kier molecular flexibility index (Phi) is 4.93. The number of H-pyrrole nitrogens is 2. The average molecular weight is 352 g/mol. The number of aliphatic imine (C=N–C) groups is 1. The van der Waals surface area contributed by atoms with Crippen LogP contribution in [0.3, 0.4) is 0 Å². The molecule has 2 heterocycles. The summed E-state index contributed by atoms with van der Waals surface area (Å²) in [5, 5.41) is 3.75. The average Bonchev–Trinajstić information content (AvgIpc) is 2.60. The van der Waals surface area contributed by atoms with Gasteiger partial charge in [-0.15, -0.1) is 0 Å². The quantitative estimate of drug-likeness (QED) is 0.734. The van der Waals surface area contributed by atoms with Crippen molar-refractivity contribution in [3.05, 3.63) is 67.3 Å². The van der Waals surface area contributed by atoms with Crippen LogP contribution in [0.4, 0.5) is 0 Å². The molecule has 0 radical (unpaired) electrons. The summed E-state index contributed by atoms with van der Waals surface area (Å²) in [6.07, 6.45) is 5.83. The van der Waals surface area contributed by atoms with Crippen LogP contribution in [0.1, 0.15) is 32.8 Å². The van der Waals surface area contributed by atoms with Gasteiger partial charge in [0.05, 0.1) is 12.4 Å². The lowest BCUT2D eigenvalue weighted by Crippen LogP contribution is -2.48. The van der Waals surface area contributed by atoms with Crippen LogP contribution in [0.5, 0.6) is 0 Å². The van der Waals surface area contributed by atoms with E-state index in [0.29, 0.717) is 0 Å². The molecule has 0 aliphatic carbocycles. The van der Waals surface area contributed by atoms with Crippen LogP contribution in [0, 0.1) is 5.41 Å². The van der Waals surface area contributed by atoms with Crippen LogP contribution in [-0.4, -0.2) is 28.4 Å². The SMILES string of the molecule is CC(C)(C)C1CC(/C=c2\[nH]c(=O)/c(=C/c3ccccc3)[nH]c2=O)N=CN1. The Morgan fingerprint density at radius 2 is 1.69 bits per heavy atom. The van der Waals surface area contributed by atoms with E-state index in [1.165, 1.54) is 0 Å². The van der Waals surface area contributed by atoms with E-state index in [1.807, 2.05) is 30.3 Å². The fourth-order valence-electron chi connectivity index (χ4n) is 2.93. The molecule has 0 saturated heterocycles. The number of rotatable bonds is 2. The summed E-state index contributed by atoms with van der Waals surface area (Å²) in [6.45, 7) is 6.47. The molecule has 1 aromatic heterocycles. The first kappa shape index (κ1) is 17.9. The first-order valence-electron chi connectivity index (χ1n) is 8.72. The lowest BCUT2D eigenvalue weighted by molar-refractivity contribution is 0.273. The molecular formula is C20H24N4O2. The van der Waals surface area contributed by atoms with Gasteiger partial charge in [-0.3, -0.25) is 14.6 Å². The van der Waals surface area contributed by atoms with Crippen molar-refractivity contribution < 1.29 is 0 Å². The highest BCUT2D eigenvalue weighted by atomic mass is 16.1. The monoisotopic (exact) mass is 352 g/mol. The molecule has 0 spiro atoms. The van der Waals surface area contributed by atoms with Gasteiger partial charge in [0.2, 0.25) is 0 Å². The highest BCUT2D eigenvalue weighted by Gasteiger charge is 2.28. The summed E-state index contributed by atoms with van der Waals surface area (Å²) < 4.78 is 0. The second-order valence-electron chi connectivity index (χ2n) is 7.62. The molecule has 6 nitrogen and oxygen atoms in total. The van der Waals surface area contributed by atoms with Crippen molar-refractivity contribution in [3.63, 3.8) is 0 Å². The van der Waals surface area contributed by atoms with Crippen molar-refractivity contribution in [3.8, 4) is 0 Å². The predicted octanol–water partition coefficient (Wildman–Crippen LogP) is 0.477. The molecule has 0 bridgehead atoms. The zero-order valence-electron chi connectivity index (χ0n) is 15.2. The fourth-order valence-corrected chi connectivity index (χ4v) is 2.93. The lowest BCUT2D eigenvalue weighted by Gasteiger charge is -2.34. The van der Waals surface area contributed by atoms with E-state index >= 15 is 0 Å². The van der Waals surface area contributed by atoms with Gasteiger partial charge in [-0.2, -0.15) is 0 Å². The second kappa shape index (κ2) is 7.15. The van der Waals surface area contributed by atoms with Crippen molar-refractivity contribution in [2.24, 2.45) is 10.4 Å². The summed E-state index contributed by atoms with van der Waals surface area (Å²) in [5.74, 6) is 0. The van der Waals surface area contributed by atoms with E-state index < -0.39 is 0 Å². The standard InChI is InChI=1S/C20H24N4O2/c1-20(2,3)17-11-14(21-12-22-17)10-16-19(26)23-15(18(25)24-16)9-13-7-5-4-6-8-13/h4-10,12,14,17H,11H2,1-3H3,(H,21,22)(H,23,26)(H,24,25)/b15-9-,16-10-. The van der Waals surface area contributed by atoms with E-state index in [4.69, 9.17) is 0 Å². The summed E-state index contributed by atoms with van der Waals surface area (Å²) >= 11 is 0. The fraction of sp³-hybridized carbons (Fsp3) is 0.350. The minimum Gasteiger partial charge on any atom is -0.373 e. The Morgan fingerprint density at radius 1 is 1.04 bits per heavy atom. The third-order valence-corrected chi connectivity index (χ3v) is 4.52. The van der Waals surface area contributed by atoms with E-state index in [-0.39, 0.29) is 39.3 Å². The number of hydrogen-bond acceptors (Lipinski definition) is 4. The van der Waals surface area contributed by atoms with Gasteiger partial charge < -0.3 is 15.3 Å². The molecule has 3 N–H and O–H groups in total. The Bertz CT molecular complexity index is 1030. The minimum absolute atomic E-state index is 0.0762. The maximum absolute atomic E-state index is 12.4. The maximum atomic E-state index is 12.4. The van der Waals surface area contributed by atoms with E-state index in [2.05, 4.69) is 41.0 Å². The number of nitrogens with one attached hydrogen (secondary N) is 3. The minimum atomic E-state index is -0.329. The van der Waals surface area contributed by atoms with Gasteiger partial charge in [-0.25, -0.2) is 0 Å². The summed E-state index contributed by atoms with van der Waals surface area (Å²) in [7, 11) is 0. The molecule has 0 saturated carbocycles. The van der Waals surface area contributed by atoms with Crippen LogP contribution >= 0.6 is 0 Å². The molecule has 1 aromatic carbocycles. The third kappa shape index (κ3) is 4.20. The topological polar surface area (TPSA) is 90.1 Å². The van der Waals surface area contributed by atoms with Gasteiger partial charge in [0.25, 0.3) is 11.1 Å². The Balaban J connectivity index is 1.96. The maximum Gasteiger partial charge on any atom is 0.272 e. The Labute approximate surface area is 151 Å². The molecule has 3 rings (SSSR count). The summed E-state index contributed by atoms with van der Waals surface area (Å²) in [6, 6.07) is 9.48. The molecule has 0 amide bonds. The first-order chi connectivity index (χ1) is 12.3. The molecule has 2 aromatic rings. The smallest absolute Gasteiger partial charge is 0.272 e. The van der Waals surface area contributed by atoms with Crippen molar-refractivity contribution in [1.82, 2.24) is 15.3 Å². The zero-order chi connectivity index (χ0) is 18.7. The normalized spacial score (nSPS) is 21.7. The Hall–Kier alpha value is -2.89. The number of aromatic nitrogens is 2.